The lowest BCUT2D eigenvalue weighted by atomic mass is 10.1. The number of benzene rings is 2. The zero-order valence-electron chi connectivity index (χ0n) is 15.4. The number of carbonyl (C=O) groups excluding carboxylic acids is 1. The summed E-state index contributed by atoms with van der Waals surface area (Å²) in [5.74, 6) is -0.183. The van der Waals surface area contributed by atoms with E-state index in [1.807, 2.05) is 48.2 Å². The average molecular weight is 384 g/mol. The number of nitrogens with zero attached hydrogens (tertiary/aromatic N) is 4. The molecule has 0 atom stereocenters. The molecule has 7 heteroatoms. The Labute approximate surface area is 161 Å². The van der Waals surface area contributed by atoms with Crippen molar-refractivity contribution in [3.63, 3.8) is 0 Å². The van der Waals surface area contributed by atoms with E-state index in [1.54, 1.807) is 6.07 Å². The van der Waals surface area contributed by atoms with Crippen LogP contribution in [0, 0.1) is 5.82 Å². The van der Waals surface area contributed by atoms with Crippen molar-refractivity contribution in [3.05, 3.63) is 53.8 Å². The number of amides is 1. The second kappa shape index (κ2) is 7.15. The third-order valence-corrected chi connectivity index (χ3v) is 5.87. The van der Waals surface area contributed by atoms with Crippen LogP contribution in [0.4, 0.5) is 15.2 Å². The SMILES string of the molecule is CN(C)c1cccc(C(=O)N2CCN(c3nc4ccc(F)cc4s3)CC2)c1. The van der Waals surface area contributed by atoms with Gasteiger partial charge in [0.05, 0.1) is 10.2 Å². The molecule has 1 amide bonds. The summed E-state index contributed by atoms with van der Waals surface area (Å²) in [6, 6.07) is 12.4. The van der Waals surface area contributed by atoms with Crippen LogP contribution in [-0.4, -0.2) is 56.1 Å². The molecule has 140 valence electrons. The standard InChI is InChI=1S/C20H21FN4OS/c1-23(2)16-5-3-4-14(12-16)19(26)24-8-10-25(11-9-24)20-22-17-7-6-15(21)13-18(17)27-20/h3-7,12-13H,8-11H2,1-2H3. The second-order valence-electron chi connectivity index (χ2n) is 6.83. The maximum Gasteiger partial charge on any atom is 0.254 e. The molecule has 1 fully saturated rings. The van der Waals surface area contributed by atoms with Crippen LogP contribution in [-0.2, 0) is 0 Å². The van der Waals surface area contributed by atoms with E-state index in [-0.39, 0.29) is 11.7 Å². The first-order valence-electron chi connectivity index (χ1n) is 8.89. The van der Waals surface area contributed by atoms with E-state index in [9.17, 15) is 9.18 Å². The van der Waals surface area contributed by atoms with Crippen molar-refractivity contribution in [1.29, 1.82) is 0 Å². The van der Waals surface area contributed by atoms with Crippen molar-refractivity contribution in [3.8, 4) is 0 Å². The molecule has 3 aromatic rings. The van der Waals surface area contributed by atoms with Crippen LogP contribution in [0.1, 0.15) is 10.4 Å². The van der Waals surface area contributed by atoms with E-state index < -0.39 is 0 Å². The molecule has 27 heavy (non-hydrogen) atoms. The number of halogens is 1. The fourth-order valence-corrected chi connectivity index (χ4v) is 4.26. The lowest BCUT2D eigenvalue weighted by Crippen LogP contribution is -2.48. The Morgan fingerprint density at radius 3 is 2.63 bits per heavy atom. The Morgan fingerprint density at radius 1 is 1.11 bits per heavy atom. The number of aromatic nitrogens is 1. The number of rotatable bonds is 3. The van der Waals surface area contributed by atoms with Gasteiger partial charge in [0, 0.05) is 51.5 Å². The van der Waals surface area contributed by atoms with Gasteiger partial charge in [-0.1, -0.05) is 17.4 Å². The summed E-state index contributed by atoms with van der Waals surface area (Å²) in [4.78, 5) is 23.5. The Bertz CT molecular complexity index is 979. The van der Waals surface area contributed by atoms with Gasteiger partial charge in [0.2, 0.25) is 0 Å². The Balaban J connectivity index is 1.45. The minimum Gasteiger partial charge on any atom is -0.378 e. The average Bonchev–Trinajstić information content (AvgIpc) is 3.10. The van der Waals surface area contributed by atoms with Gasteiger partial charge in [-0.05, 0) is 36.4 Å². The molecule has 1 aromatic heterocycles. The van der Waals surface area contributed by atoms with Crippen LogP contribution in [0.2, 0.25) is 0 Å². The zero-order chi connectivity index (χ0) is 19.0. The highest BCUT2D eigenvalue weighted by atomic mass is 32.1. The molecule has 0 saturated carbocycles. The molecular weight excluding hydrogens is 363 g/mol. The van der Waals surface area contributed by atoms with Crippen molar-refractivity contribution in [2.75, 3.05) is 50.1 Å². The molecule has 1 aliphatic heterocycles. The number of hydrogen-bond donors (Lipinski definition) is 0. The second-order valence-corrected chi connectivity index (χ2v) is 7.84. The number of hydrogen-bond acceptors (Lipinski definition) is 5. The van der Waals surface area contributed by atoms with E-state index in [0.29, 0.717) is 18.7 Å². The molecule has 1 aliphatic rings. The minimum atomic E-state index is -0.243. The molecule has 5 nitrogen and oxygen atoms in total. The number of anilines is 2. The Hall–Kier alpha value is -2.67. The van der Waals surface area contributed by atoms with Crippen LogP contribution < -0.4 is 9.80 Å². The highest BCUT2D eigenvalue weighted by molar-refractivity contribution is 7.22. The van der Waals surface area contributed by atoms with E-state index in [1.165, 1.54) is 23.5 Å². The summed E-state index contributed by atoms with van der Waals surface area (Å²) in [6.07, 6.45) is 0. The molecule has 1 saturated heterocycles. The minimum absolute atomic E-state index is 0.0599. The topological polar surface area (TPSA) is 39.7 Å². The summed E-state index contributed by atoms with van der Waals surface area (Å²) in [5.41, 5.74) is 2.54. The molecule has 4 rings (SSSR count). The summed E-state index contributed by atoms with van der Waals surface area (Å²) in [5, 5.41) is 0.886. The van der Waals surface area contributed by atoms with Gasteiger partial charge in [-0.3, -0.25) is 4.79 Å². The molecule has 0 spiro atoms. The Kier molecular flexibility index (Phi) is 4.70. The highest BCUT2D eigenvalue weighted by Gasteiger charge is 2.24. The van der Waals surface area contributed by atoms with E-state index in [0.717, 1.165) is 34.1 Å². The van der Waals surface area contributed by atoms with Crippen molar-refractivity contribution in [2.45, 2.75) is 0 Å². The molecule has 0 bridgehead atoms. The molecule has 0 aliphatic carbocycles. The molecule has 0 radical (unpaired) electrons. The van der Waals surface area contributed by atoms with Crippen LogP contribution in [0.15, 0.2) is 42.5 Å². The normalized spacial score (nSPS) is 14.6. The third-order valence-electron chi connectivity index (χ3n) is 4.79. The van der Waals surface area contributed by atoms with E-state index >= 15 is 0 Å². The fourth-order valence-electron chi connectivity index (χ4n) is 3.22. The van der Waals surface area contributed by atoms with Crippen molar-refractivity contribution in [1.82, 2.24) is 9.88 Å². The largest absolute Gasteiger partial charge is 0.378 e. The quantitative estimate of drug-likeness (QED) is 0.693. The van der Waals surface area contributed by atoms with Crippen molar-refractivity contribution >= 4 is 38.3 Å². The number of piperazine rings is 1. The van der Waals surface area contributed by atoms with Crippen molar-refractivity contribution < 1.29 is 9.18 Å². The van der Waals surface area contributed by atoms with Crippen LogP contribution in [0.5, 0.6) is 0 Å². The first kappa shape index (κ1) is 17.7. The van der Waals surface area contributed by atoms with Gasteiger partial charge in [0.15, 0.2) is 5.13 Å². The number of thiazole rings is 1. The van der Waals surface area contributed by atoms with Gasteiger partial charge >= 0.3 is 0 Å². The first-order chi connectivity index (χ1) is 13.0. The summed E-state index contributed by atoms with van der Waals surface area (Å²) < 4.78 is 14.2. The lowest BCUT2D eigenvalue weighted by molar-refractivity contribution is 0.0747. The van der Waals surface area contributed by atoms with Crippen LogP contribution in [0.25, 0.3) is 10.2 Å². The first-order valence-corrected chi connectivity index (χ1v) is 9.70. The summed E-state index contributed by atoms with van der Waals surface area (Å²) in [7, 11) is 3.93. The zero-order valence-corrected chi connectivity index (χ0v) is 16.2. The lowest BCUT2D eigenvalue weighted by Gasteiger charge is -2.34. The summed E-state index contributed by atoms with van der Waals surface area (Å²) in [6.45, 7) is 2.74. The third kappa shape index (κ3) is 3.60. The fraction of sp³-hybridized carbons (Fsp3) is 0.300. The predicted molar refractivity (Wildman–Crippen MR) is 108 cm³/mol. The van der Waals surface area contributed by atoms with Gasteiger partial charge in [-0.2, -0.15) is 0 Å². The molecule has 0 unspecified atom stereocenters. The molecular formula is C20H21FN4OS. The monoisotopic (exact) mass is 384 g/mol. The maximum atomic E-state index is 13.4. The van der Waals surface area contributed by atoms with E-state index in [2.05, 4.69) is 9.88 Å². The predicted octanol–water partition coefficient (Wildman–Crippen LogP) is 3.46. The van der Waals surface area contributed by atoms with Gasteiger partial charge in [-0.15, -0.1) is 0 Å². The maximum absolute atomic E-state index is 13.4. The highest BCUT2D eigenvalue weighted by Crippen LogP contribution is 2.30. The molecule has 2 heterocycles. The van der Waals surface area contributed by atoms with Crippen molar-refractivity contribution in [2.24, 2.45) is 0 Å². The van der Waals surface area contributed by atoms with E-state index in [4.69, 9.17) is 0 Å². The number of fused-ring (bicyclic) bond motifs is 1. The Morgan fingerprint density at radius 2 is 1.89 bits per heavy atom. The van der Waals surface area contributed by atoms with Gasteiger partial charge in [0.1, 0.15) is 5.82 Å². The van der Waals surface area contributed by atoms with Gasteiger partial charge in [-0.25, -0.2) is 9.37 Å². The smallest absolute Gasteiger partial charge is 0.254 e. The molecule has 0 N–H and O–H groups in total. The summed E-state index contributed by atoms with van der Waals surface area (Å²) >= 11 is 1.49. The van der Waals surface area contributed by atoms with Gasteiger partial charge in [0.25, 0.3) is 5.91 Å². The van der Waals surface area contributed by atoms with Gasteiger partial charge < -0.3 is 14.7 Å². The van der Waals surface area contributed by atoms with Crippen LogP contribution in [0.3, 0.4) is 0 Å². The number of carbonyl (C=O) groups is 1. The molecule has 2 aromatic carbocycles. The van der Waals surface area contributed by atoms with Crippen LogP contribution >= 0.6 is 11.3 Å².